The fraction of sp³-hybridized carbons (Fsp3) is 0.263. The predicted octanol–water partition coefficient (Wildman–Crippen LogP) is 3.89. The van der Waals surface area contributed by atoms with Crippen molar-refractivity contribution in [3.8, 4) is 0 Å². The third kappa shape index (κ3) is 3.17. The van der Waals surface area contributed by atoms with E-state index >= 15 is 0 Å². The van der Waals surface area contributed by atoms with Crippen LogP contribution in [0.4, 0.5) is 0 Å². The minimum Gasteiger partial charge on any atom is -0.343 e. The highest BCUT2D eigenvalue weighted by Gasteiger charge is 2.03. The van der Waals surface area contributed by atoms with Crippen molar-refractivity contribution in [1.82, 2.24) is 4.57 Å². The molecule has 108 valence electrons. The van der Waals surface area contributed by atoms with Crippen LogP contribution in [0.2, 0.25) is 0 Å². The highest BCUT2D eigenvalue weighted by Crippen LogP contribution is 2.20. The van der Waals surface area contributed by atoms with Gasteiger partial charge in [-0.15, -0.1) is 0 Å². The summed E-state index contributed by atoms with van der Waals surface area (Å²) in [6, 6.07) is 17.7. The SMILES string of the molecule is Cc1ccc(Cn2ccc3cc(CCCN)ccc32)cc1. The molecule has 0 aliphatic rings. The fourth-order valence-electron chi connectivity index (χ4n) is 2.74. The molecule has 0 amide bonds. The van der Waals surface area contributed by atoms with E-state index in [0.29, 0.717) is 0 Å². The summed E-state index contributed by atoms with van der Waals surface area (Å²) >= 11 is 0. The van der Waals surface area contributed by atoms with Gasteiger partial charge in [0.25, 0.3) is 0 Å². The van der Waals surface area contributed by atoms with E-state index in [0.717, 1.165) is 25.9 Å². The van der Waals surface area contributed by atoms with Crippen LogP contribution in [0.25, 0.3) is 10.9 Å². The predicted molar refractivity (Wildman–Crippen MR) is 89.6 cm³/mol. The molecule has 0 saturated heterocycles. The van der Waals surface area contributed by atoms with E-state index in [9.17, 15) is 0 Å². The lowest BCUT2D eigenvalue weighted by Crippen LogP contribution is -2.00. The lowest BCUT2D eigenvalue weighted by atomic mass is 10.1. The smallest absolute Gasteiger partial charge is 0.0483 e. The normalized spacial score (nSPS) is 11.1. The van der Waals surface area contributed by atoms with Crippen LogP contribution in [0.15, 0.2) is 54.7 Å². The molecule has 1 aromatic heterocycles. The number of hydrogen-bond acceptors (Lipinski definition) is 1. The molecule has 0 fully saturated rings. The lowest BCUT2D eigenvalue weighted by molar-refractivity contribution is 0.829. The fourth-order valence-corrected chi connectivity index (χ4v) is 2.74. The number of benzene rings is 2. The molecular formula is C19H22N2. The maximum Gasteiger partial charge on any atom is 0.0483 e. The molecule has 0 radical (unpaired) electrons. The summed E-state index contributed by atoms with van der Waals surface area (Å²) in [7, 11) is 0. The molecule has 2 nitrogen and oxygen atoms in total. The molecule has 21 heavy (non-hydrogen) atoms. The zero-order valence-corrected chi connectivity index (χ0v) is 12.5. The van der Waals surface area contributed by atoms with Gasteiger partial charge >= 0.3 is 0 Å². The van der Waals surface area contributed by atoms with Crippen molar-refractivity contribution < 1.29 is 0 Å². The van der Waals surface area contributed by atoms with Crippen molar-refractivity contribution >= 4 is 10.9 Å². The summed E-state index contributed by atoms with van der Waals surface area (Å²) < 4.78 is 2.31. The van der Waals surface area contributed by atoms with Crippen molar-refractivity contribution in [3.05, 3.63) is 71.4 Å². The summed E-state index contributed by atoms with van der Waals surface area (Å²) in [6.07, 6.45) is 4.29. The monoisotopic (exact) mass is 278 g/mol. The second-order valence-electron chi connectivity index (χ2n) is 5.71. The molecule has 0 aliphatic heterocycles. The third-order valence-corrected chi connectivity index (χ3v) is 3.98. The standard InChI is InChI=1S/C19H22N2/c1-15-4-6-17(7-5-15)14-21-12-10-18-13-16(3-2-11-20)8-9-19(18)21/h4-10,12-13H,2-3,11,14,20H2,1H3. The van der Waals surface area contributed by atoms with Gasteiger partial charge < -0.3 is 10.3 Å². The largest absolute Gasteiger partial charge is 0.343 e. The van der Waals surface area contributed by atoms with Gasteiger partial charge in [-0.3, -0.25) is 0 Å². The number of nitrogens with zero attached hydrogens (tertiary/aromatic N) is 1. The Morgan fingerprint density at radius 1 is 0.952 bits per heavy atom. The zero-order valence-electron chi connectivity index (χ0n) is 12.5. The molecule has 0 saturated carbocycles. The summed E-state index contributed by atoms with van der Waals surface area (Å²) in [5.41, 5.74) is 10.9. The topological polar surface area (TPSA) is 30.9 Å². The molecular weight excluding hydrogens is 256 g/mol. The number of rotatable bonds is 5. The van der Waals surface area contributed by atoms with Gasteiger partial charge in [-0.1, -0.05) is 35.9 Å². The Hall–Kier alpha value is -2.06. The Balaban J connectivity index is 1.84. The Bertz CT molecular complexity index is 723. The highest BCUT2D eigenvalue weighted by atomic mass is 14.9. The van der Waals surface area contributed by atoms with Crippen LogP contribution in [-0.2, 0) is 13.0 Å². The number of aryl methyl sites for hydroxylation is 2. The molecule has 0 atom stereocenters. The second-order valence-corrected chi connectivity index (χ2v) is 5.71. The van der Waals surface area contributed by atoms with Gasteiger partial charge in [-0.05, 0) is 61.0 Å². The van der Waals surface area contributed by atoms with Crippen LogP contribution in [0, 0.1) is 6.92 Å². The molecule has 0 spiro atoms. The van der Waals surface area contributed by atoms with Gasteiger partial charge in [-0.25, -0.2) is 0 Å². The van der Waals surface area contributed by atoms with E-state index in [1.165, 1.54) is 27.6 Å². The average Bonchev–Trinajstić information content (AvgIpc) is 2.90. The molecule has 3 aromatic rings. The minimum absolute atomic E-state index is 0.756. The summed E-state index contributed by atoms with van der Waals surface area (Å²) in [6.45, 7) is 3.80. The molecule has 0 unspecified atom stereocenters. The van der Waals surface area contributed by atoms with Gasteiger partial charge in [0.05, 0.1) is 0 Å². The molecule has 1 heterocycles. The summed E-state index contributed by atoms with van der Waals surface area (Å²) in [5.74, 6) is 0. The van der Waals surface area contributed by atoms with Crippen LogP contribution in [-0.4, -0.2) is 11.1 Å². The van der Waals surface area contributed by atoms with Crippen LogP contribution < -0.4 is 5.73 Å². The maximum atomic E-state index is 5.59. The van der Waals surface area contributed by atoms with E-state index in [2.05, 4.69) is 66.2 Å². The molecule has 2 N–H and O–H groups in total. The number of nitrogens with two attached hydrogens (primary N) is 1. The second kappa shape index (κ2) is 6.15. The first-order chi connectivity index (χ1) is 10.3. The van der Waals surface area contributed by atoms with Gasteiger partial charge in [0.1, 0.15) is 0 Å². The van der Waals surface area contributed by atoms with Gasteiger partial charge in [0.2, 0.25) is 0 Å². The molecule has 2 aromatic carbocycles. The molecule has 0 bridgehead atoms. The molecule has 3 rings (SSSR count). The van der Waals surface area contributed by atoms with Crippen LogP contribution in [0.1, 0.15) is 23.1 Å². The Labute approximate surface area is 126 Å². The lowest BCUT2D eigenvalue weighted by Gasteiger charge is -2.07. The van der Waals surface area contributed by atoms with E-state index in [-0.39, 0.29) is 0 Å². The van der Waals surface area contributed by atoms with E-state index in [4.69, 9.17) is 5.73 Å². The van der Waals surface area contributed by atoms with Crippen molar-refractivity contribution in [2.24, 2.45) is 5.73 Å². The van der Waals surface area contributed by atoms with Gasteiger partial charge in [-0.2, -0.15) is 0 Å². The number of aromatic nitrogens is 1. The van der Waals surface area contributed by atoms with Crippen LogP contribution in [0.3, 0.4) is 0 Å². The van der Waals surface area contributed by atoms with Crippen LogP contribution >= 0.6 is 0 Å². The third-order valence-electron chi connectivity index (χ3n) is 3.98. The summed E-state index contributed by atoms with van der Waals surface area (Å²) in [5, 5.41) is 1.32. The van der Waals surface area contributed by atoms with Crippen molar-refractivity contribution in [1.29, 1.82) is 0 Å². The van der Waals surface area contributed by atoms with E-state index < -0.39 is 0 Å². The number of fused-ring (bicyclic) bond motifs is 1. The quantitative estimate of drug-likeness (QED) is 0.754. The first-order valence-electron chi connectivity index (χ1n) is 7.59. The Kier molecular flexibility index (Phi) is 4.07. The van der Waals surface area contributed by atoms with Gasteiger partial charge in [0.15, 0.2) is 0 Å². The maximum absolute atomic E-state index is 5.59. The Morgan fingerprint density at radius 3 is 2.48 bits per heavy atom. The van der Waals surface area contributed by atoms with Crippen molar-refractivity contribution in [2.45, 2.75) is 26.3 Å². The average molecular weight is 278 g/mol. The zero-order chi connectivity index (χ0) is 14.7. The van der Waals surface area contributed by atoms with E-state index in [1.807, 2.05) is 0 Å². The molecule has 0 aliphatic carbocycles. The Morgan fingerprint density at radius 2 is 1.71 bits per heavy atom. The molecule has 2 heteroatoms. The van der Waals surface area contributed by atoms with Crippen molar-refractivity contribution in [3.63, 3.8) is 0 Å². The summed E-state index contributed by atoms with van der Waals surface area (Å²) in [4.78, 5) is 0. The minimum atomic E-state index is 0.756. The highest BCUT2D eigenvalue weighted by molar-refractivity contribution is 5.81. The van der Waals surface area contributed by atoms with E-state index in [1.54, 1.807) is 0 Å². The van der Waals surface area contributed by atoms with Gasteiger partial charge in [0, 0.05) is 18.3 Å². The first-order valence-corrected chi connectivity index (χ1v) is 7.59. The van der Waals surface area contributed by atoms with Crippen molar-refractivity contribution in [2.75, 3.05) is 6.54 Å². The number of hydrogen-bond donors (Lipinski definition) is 1. The first kappa shape index (κ1) is 13.9. The van der Waals surface area contributed by atoms with Crippen LogP contribution in [0.5, 0.6) is 0 Å².